The van der Waals surface area contributed by atoms with Crippen LogP contribution < -0.4 is 0 Å². The molecule has 18 heavy (non-hydrogen) atoms. The molecule has 2 unspecified atom stereocenters. The Balaban J connectivity index is 3.64. The van der Waals surface area contributed by atoms with Gasteiger partial charge in [-0.15, -0.1) is 6.58 Å². The van der Waals surface area contributed by atoms with Gasteiger partial charge in [0.2, 0.25) is 0 Å². The van der Waals surface area contributed by atoms with Gasteiger partial charge in [-0.1, -0.05) is 84.6 Å². The average molecular weight is 252 g/mol. The Morgan fingerprint density at radius 2 is 1.39 bits per heavy atom. The molecule has 0 nitrogen and oxygen atoms in total. The van der Waals surface area contributed by atoms with Crippen LogP contribution in [0.3, 0.4) is 0 Å². The zero-order chi connectivity index (χ0) is 13.6. The van der Waals surface area contributed by atoms with E-state index in [2.05, 4.69) is 33.4 Å². The van der Waals surface area contributed by atoms with E-state index >= 15 is 0 Å². The third kappa shape index (κ3) is 9.74. The predicted octanol–water partition coefficient (Wildman–Crippen LogP) is 6.76. The van der Waals surface area contributed by atoms with Gasteiger partial charge < -0.3 is 0 Å². The van der Waals surface area contributed by atoms with E-state index in [1.807, 2.05) is 0 Å². The largest absolute Gasteiger partial charge is 0.103 e. The molecule has 0 radical (unpaired) electrons. The average Bonchev–Trinajstić information content (AvgIpc) is 2.39. The van der Waals surface area contributed by atoms with Crippen molar-refractivity contribution in [1.82, 2.24) is 0 Å². The molecule has 0 rings (SSSR count). The quantitative estimate of drug-likeness (QED) is 0.251. The van der Waals surface area contributed by atoms with E-state index in [1.165, 1.54) is 70.6 Å². The summed E-state index contributed by atoms with van der Waals surface area (Å²) >= 11 is 0. The number of rotatable bonds is 13. The molecule has 0 saturated carbocycles. The van der Waals surface area contributed by atoms with Crippen LogP contribution in [0, 0.1) is 11.8 Å². The molecule has 0 aromatic rings. The molecule has 0 saturated heterocycles. The first-order chi connectivity index (χ1) is 8.78. The molecular weight excluding hydrogens is 216 g/mol. The van der Waals surface area contributed by atoms with Crippen molar-refractivity contribution < 1.29 is 0 Å². The van der Waals surface area contributed by atoms with Gasteiger partial charge in [0.05, 0.1) is 0 Å². The third-order valence-corrected chi connectivity index (χ3v) is 4.21. The monoisotopic (exact) mass is 252 g/mol. The maximum atomic E-state index is 3.93. The van der Waals surface area contributed by atoms with Crippen molar-refractivity contribution in [3.05, 3.63) is 12.7 Å². The summed E-state index contributed by atoms with van der Waals surface area (Å²) < 4.78 is 0. The normalized spacial score (nSPS) is 14.4. The van der Waals surface area contributed by atoms with Crippen molar-refractivity contribution in [2.24, 2.45) is 11.8 Å². The van der Waals surface area contributed by atoms with Crippen molar-refractivity contribution in [2.75, 3.05) is 0 Å². The Bertz CT molecular complexity index is 171. The predicted molar refractivity (Wildman–Crippen MR) is 85.0 cm³/mol. The summed E-state index contributed by atoms with van der Waals surface area (Å²) in [6, 6.07) is 0. The Morgan fingerprint density at radius 1 is 0.778 bits per heavy atom. The second-order valence-electron chi connectivity index (χ2n) is 5.84. The molecule has 0 fully saturated rings. The first kappa shape index (κ1) is 17.7. The van der Waals surface area contributed by atoms with Crippen LogP contribution in [0.4, 0.5) is 0 Å². The molecule has 108 valence electrons. The molecule has 0 aliphatic heterocycles. The zero-order valence-electron chi connectivity index (χ0n) is 13.2. The van der Waals surface area contributed by atoms with E-state index in [9.17, 15) is 0 Å². The molecule has 0 aliphatic carbocycles. The highest BCUT2D eigenvalue weighted by Gasteiger charge is 2.08. The molecule has 0 bridgehead atoms. The number of hydrogen-bond donors (Lipinski definition) is 0. The van der Waals surface area contributed by atoms with Crippen molar-refractivity contribution >= 4 is 0 Å². The maximum Gasteiger partial charge on any atom is -0.0239 e. The highest BCUT2D eigenvalue weighted by molar-refractivity contribution is 4.77. The van der Waals surface area contributed by atoms with E-state index in [4.69, 9.17) is 0 Å². The number of allylic oxidation sites excluding steroid dienone is 1. The maximum absolute atomic E-state index is 3.93. The van der Waals surface area contributed by atoms with Crippen LogP contribution in [0.1, 0.15) is 91.4 Å². The fourth-order valence-electron chi connectivity index (χ4n) is 2.85. The van der Waals surface area contributed by atoms with Crippen LogP contribution in [-0.2, 0) is 0 Å². The molecule has 0 spiro atoms. The van der Waals surface area contributed by atoms with Crippen LogP contribution >= 0.6 is 0 Å². The molecule has 0 heteroatoms. The standard InChI is InChI=1S/C18H36/c1-5-9-10-15-18(13-6-2)16-12-11-14-17(7-3)8-4/h7,17-18H,3,5-6,8-16H2,1-2,4H3. The van der Waals surface area contributed by atoms with Gasteiger partial charge >= 0.3 is 0 Å². The minimum absolute atomic E-state index is 0.759. The fraction of sp³-hybridized carbons (Fsp3) is 0.889. The third-order valence-electron chi connectivity index (χ3n) is 4.21. The summed E-state index contributed by atoms with van der Waals surface area (Å²) in [6.45, 7) is 10.8. The highest BCUT2D eigenvalue weighted by atomic mass is 14.1. The molecule has 0 amide bonds. The number of hydrogen-bond acceptors (Lipinski definition) is 0. The molecule has 0 heterocycles. The van der Waals surface area contributed by atoms with Gasteiger partial charge in [0.1, 0.15) is 0 Å². The summed E-state index contributed by atoms with van der Waals surface area (Å²) in [5.41, 5.74) is 0. The van der Waals surface area contributed by atoms with E-state index in [-0.39, 0.29) is 0 Å². The highest BCUT2D eigenvalue weighted by Crippen LogP contribution is 2.23. The van der Waals surface area contributed by atoms with Gasteiger partial charge in [-0.2, -0.15) is 0 Å². The van der Waals surface area contributed by atoms with Crippen molar-refractivity contribution in [3.63, 3.8) is 0 Å². The topological polar surface area (TPSA) is 0 Å². The van der Waals surface area contributed by atoms with E-state index < -0.39 is 0 Å². The minimum Gasteiger partial charge on any atom is -0.103 e. The second kappa shape index (κ2) is 13.2. The van der Waals surface area contributed by atoms with Crippen molar-refractivity contribution in [3.8, 4) is 0 Å². The van der Waals surface area contributed by atoms with Gasteiger partial charge in [0.15, 0.2) is 0 Å². The van der Waals surface area contributed by atoms with Crippen molar-refractivity contribution in [2.45, 2.75) is 91.4 Å². The summed E-state index contributed by atoms with van der Waals surface area (Å²) in [5.74, 6) is 1.76. The zero-order valence-corrected chi connectivity index (χ0v) is 13.2. The lowest BCUT2D eigenvalue weighted by atomic mass is 9.90. The Kier molecular flexibility index (Phi) is 13.0. The lowest BCUT2D eigenvalue weighted by Crippen LogP contribution is -2.01. The number of unbranched alkanes of at least 4 members (excludes halogenated alkanes) is 3. The molecule has 0 aliphatic rings. The van der Waals surface area contributed by atoms with Crippen LogP contribution in [0.15, 0.2) is 12.7 Å². The Morgan fingerprint density at radius 3 is 1.89 bits per heavy atom. The molecule has 0 aromatic heterocycles. The summed E-state index contributed by atoms with van der Waals surface area (Å²) in [6.07, 6.45) is 17.6. The van der Waals surface area contributed by atoms with Crippen molar-refractivity contribution in [1.29, 1.82) is 0 Å². The van der Waals surface area contributed by atoms with Gasteiger partial charge in [-0.05, 0) is 24.7 Å². The Hall–Kier alpha value is -0.260. The van der Waals surface area contributed by atoms with Gasteiger partial charge in [0, 0.05) is 0 Å². The van der Waals surface area contributed by atoms with Crippen LogP contribution in [0.25, 0.3) is 0 Å². The smallest absolute Gasteiger partial charge is 0.0239 e. The van der Waals surface area contributed by atoms with Gasteiger partial charge in [-0.3, -0.25) is 0 Å². The minimum atomic E-state index is 0.759. The van der Waals surface area contributed by atoms with Gasteiger partial charge in [0.25, 0.3) is 0 Å². The summed E-state index contributed by atoms with van der Waals surface area (Å²) in [7, 11) is 0. The molecule has 0 aromatic carbocycles. The van der Waals surface area contributed by atoms with Crippen LogP contribution in [0.2, 0.25) is 0 Å². The van der Waals surface area contributed by atoms with Crippen LogP contribution in [-0.4, -0.2) is 0 Å². The van der Waals surface area contributed by atoms with E-state index in [0.29, 0.717) is 0 Å². The molecular formula is C18H36. The molecule has 2 atom stereocenters. The van der Waals surface area contributed by atoms with E-state index in [1.54, 1.807) is 0 Å². The van der Waals surface area contributed by atoms with E-state index in [0.717, 1.165) is 11.8 Å². The lowest BCUT2D eigenvalue weighted by Gasteiger charge is -2.16. The fourth-order valence-corrected chi connectivity index (χ4v) is 2.85. The second-order valence-corrected chi connectivity index (χ2v) is 5.84. The first-order valence-corrected chi connectivity index (χ1v) is 8.40. The first-order valence-electron chi connectivity index (χ1n) is 8.40. The lowest BCUT2D eigenvalue weighted by molar-refractivity contribution is 0.375. The summed E-state index contributed by atoms with van der Waals surface area (Å²) in [5, 5.41) is 0. The SMILES string of the molecule is C=CC(CC)CCCCC(CCC)CCCCC. The van der Waals surface area contributed by atoms with Gasteiger partial charge in [-0.25, -0.2) is 0 Å². The molecule has 0 N–H and O–H groups in total. The summed E-state index contributed by atoms with van der Waals surface area (Å²) in [4.78, 5) is 0. The Labute approximate surface area is 116 Å². The van der Waals surface area contributed by atoms with Crippen LogP contribution in [0.5, 0.6) is 0 Å².